The molecule has 4 aromatic rings. The number of aromatic nitrogens is 3. The number of nitriles is 1. The van der Waals surface area contributed by atoms with Crippen molar-refractivity contribution in [2.24, 2.45) is 0 Å². The number of pyridine rings is 1. The van der Waals surface area contributed by atoms with Crippen molar-refractivity contribution >= 4 is 11.6 Å². The van der Waals surface area contributed by atoms with Crippen molar-refractivity contribution in [1.82, 2.24) is 20.5 Å². The van der Waals surface area contributed by atoms with Gasteiger partial charge in [0.05, 0.1) is 23.9 Å². The van der Waals surface area contributed by atoms with Gasteiger partial charge in [0, 0.05) is 32.4 Å². The maximum Gasteiger partial charge on any atom is 0.156 e. The van der Waals surface area contributed by atoms with Gasteiger partial charge in [0.1, 0.15) is 24.3 Å². The van der Waals surface area contributed by atoms with Crippen molar-refractivity contribution in [2.75, 3.05) is 38.3 Å². The molecule has 2 aromatic heterocycles. The summed E-state index contributed by atoms with van der Waals surface area (Å²) in [4.78, 5) is 6.49. The molecular weight excluding hydrogens is 452 g/mol. The van der Waals surface area contributed by atoms with Crippen LogP contribution in [0.5, 0.6) is 5.75 Å². The standard InChI is InChI=1S/C28H28N6O2/c1-19-13-20(16-29)3-8-25(19)22-9-10-31-27(14-22)34(2)28-15-26(32-33-28)21-4-6-23(7-5-21)36-18-24-17-30-11-12-35-24/h3-10,13-15,24,30H,11-12,17-18H2,1-2H3,(H,32,33)/t24-/m1/s1. The number of aryl methyl sites for hydroxylation is 1. The molecule has 8 nitrogen and oxygen atoms in total. The Balaban J connectivity index is 1.28. The Morgan fingerprint density at radius 2 is 1.94 bits per heavy atom. The summed E-state index contributed by atoms with van der Waals surface area (Å²) in [7, 11) is 1.94. The molecule has 0 radical (unpaired) electrons. The van der Waals surface area contributed by atoms with E-state index in [1.54, 1.807) is 6.20 Å². The summed E-state index contributed by atoms with van der Waals surface area (Å²) >= 11 is 0. The lowest BCUT2D eigenvalue weighted by atomic mass is 9.99. The number of benzene rings is 2. The van der Waals surface area contributed by atoms with E-state index in [1.807, 2.05) is 79.5 Å². The minimum atomic E-state index is 0.0806. The number of ether oxygens (including phenoxy) is 2. The van der Waals surface area contributed by atoms with E-state index in [1.165, 1.54) is 0 Å². The van der Waals surface area contributed by atoms with Gasteiger partial charge in [-0.3, -0.25) is 5.10 Å². The van der Waals surface area contributed by atoms with E-state index >= 15 is 0 Å². The lowest BCUT2D eigenvalue weighted by molar-refractivity contribution is 0.000198. The molecule has 2 N–H and O–H groups in total. The molecule has 1 atom stereocenters. The molecular formula is C28H28N6O2. The number of hydrogen-bond acceptors (Lipinski definition) is 7. The lowest BCUT2D eigenvalue weighted by Gasteiger charge is -2.23. The zero-order valence-electron chi connectivity index (χ0n) is 20.4. The fourth-order valence-electron chi connectivity index (χ4n) is 4.22. The maximum absolute atomic E-state index is 9.15. The second kappa shape index (κ2) is 10.6. The molecule has 0 spiro atoms. The van der Waals surface area contributed by atoms with Crippen molar-refractivity contribution in [3.05, 3.63) is 78.0 Å². The molecule has 0 bridgehead atoms. The normalized spacial score (nSPS) is 15.3. The minimum absolute atomic E-state index is 0.0806. The highest BCUT2D eigenvalue weighted by Crippen LogP contribution is 2.30. The fraction of sp³-hybridized carbons (Fsp3) is 0.250. The highest BCUT2D eigenvalue weighted by atomic mass is 16.5. The van der Waals surface area contributed by atoms with Crippen LogP contribution < -0.4 is 15.0 Å². The van der Waals surface area contributed by atoms with Gasteiger partial charge >= 0.3 is 0 Å². The average molecular weight is 481 g/mol. The van der Waals surface area contributed by atoms with Crippen LogP contribution in [-0.2, 0) is 4.74 Å². The molecule has 36 heavy (non-hydrogen) atoms. The van der Waals surface area contributed by atoms with Gasteiger partial charge in [-0.1, -0.05) is 6.07 Å². The molecule has 0 unspecified atom stereocenters. The van der Waals surface area contributed by atoms with Gasteiger partial charge in [-0.25, -0.2) is 4.98 Å². The Morgan fingerprint density at radius 3 is 2.69 bits per heavy atom. The van der Waals surface area contributed by atoms with Crippen molar-refractivity contribution in [3.63, 3.8) is 0 Å². The van der Waals surface area contributed by atoms with Crippen LogP contribution in [0.2, 0.25) is 0 Å². The first-order chi connectivity index (χ1) is 17.6. The number of morpholine rings is 1. The second-order valence-corrected chi connectivity index (χ2v) is 8.78. The Labute approximate surface area is 210 Å². The van der Waals surface area contributed by atoms with Crippen LogP contribution in [0.4, 0.5) is 11.6 Å². The molecule has 1 saturated heterocycles. The van der Waals surface area contributed by atoms with Gasteiger partial charge in [-0.2, -0.15) is 10.4 Å². The number of nitrogens with zero attached hydrogens (tertiary/aromatic N) is 4. The van der Waals surface area contributed by atoms with E-state index in [4.69, 9.17) is 14.7 Å². The summed E-state index contributed by atoms with van der Waals surface area (Å²) in [5, 5.41) is 20.1. The van der Waals surface area contributed by atoms with Crippen molar-refractivity contribution in [2.45, 2.75) is 13.0 Å². The first kappa shape index (κ1) is 23.5. The van der Waals surface area contributed by atoms with Gasteiger partial charge in [0.25, 0.3) is 0 Å². The SMILES string of the molecule is Cc1cc(C#N)ccc1-c1ccnc(N(C)c2cc(-c3ccc(OC[C@H]4CNCCO4)cc3)[nH]n2)c1. The monoisotopic (exact) mass is 480 g/mol. The second-order valence-electron chi connectivity index (χ2n) is 8.78. The predicted molar refractivity (Wildman–Crippen MR) is 139 cm³/mol. The molecule has 2 aromatic carbocycles. The molecule has 3 heterocycles. The van der Waals surface area contributed by atoms with Crippen molar-refractivity contribution < 1.29 is 9.47 Å². The molecule has 0 aliphatic carbocycles. The van der Waals surface area contributed by atoms with Crippen LogP contribution in [0, 0.1) is 18.3 Å². The summed E-state index contributed by atoms with van der Waals surface area (Å²) in [5.41, 5.74) is 5.73. The van der Waals surface area contributed by atoms with E-state index in [-0.39, 0.29) is 6.10 Å². The van der Waals surface area contributed by atoms with E-state index < -0.39 is 0 Å². The first-order valence-corrected chi connectivity index (χ1v) is 11.9. The van der Waals surface area contributed by atoms with E-state index in [9.17, 15) is 0 Å². The Bertz CT molecular complexity index is 1370. The topological polar surface area (TPSA) is 99.1 Å². The molecule has 1 fully saturated rings. The zero-order chi connectivity index (χ0) is 24.9. The van der Waals surface area contributed by atoms with E-state index in [0.29, 0.717) is 12.2 Å². The Morgan fingerprint density at radius 1 is 1.08 bits per heavy atom. The van der Waals surface area contributed by atoms with Crippen LogP contribution in [0.25, 0.3) is 22.4 Å². The summed E-state index contributed by atoms with van der Waals surface area (Å²) in [6, 6.07) is 21.8. The third kappa shape index (κ3) is 5.23. The quantitative estimate of drug-likeness (QED) is 0.403. The summed E-state index contributed by atoms with van der Waals surface area (Å²) in [6.45, 7) is 4.97. The Hall–Kier alpha value is -4.19. The van der Waals surface area contributed by atoms with Crippen LogP contribution in [0.1, 0.15) is 11.1 Å². The molecule has 8 heteroatoms. The van der Waals surface area contributed by atoms with Crippen LogP contribution in [0.15, 0.2) is 66.9 Å². The highest BCUT2D eigenvalue weighted by Gasteiger charge is 2.15. The number of H-pyrrole nitrogens is 1. The third-order valence-electron chi connectivity index (χ3n) is 6.27. The number of rotatable bonds is 7. The minimum Gasteiger partial charge on any atom is -0.491 e. The summed E-state index contributed by atoms with van der Waals surface area (Å²) < 4.78 is 11.6. The van der Waals surface area contributed by atoms with Gasteiger partial charge in [0.15, 0.2) is 5.82 Å². The van der Waals surface area contributed by atoms with Crippen molar-refractivity contribution in [3.8, 4) is 34.2 Å². The van der Waals surface area contributed by atoms with Gasteiger partial charge in [0.2, 0.25) is 0 Å². The van der Waals surface area contributed by atoms with Gasteiger partial charge < -0.3 is 19.7 Å². The van der Waals surface area contributed by atoms with E-state index in [0.717, 1.165) is 65.0 Å². The van der Waals surface area contributed by atoms with E-state index in [2.05, 4.69) is 26.6 Å². The molecule has 182 valence electrons. The Kier molecular flexibility index (Phi) is 6.94. The van der Waals surface area contributed by atoms with Gasteiger partial charge in [-0.05, 0) is 77.7 Å². The number of hydrogen-bond donors (Lipinski definition) is 2. The molecule has 0 amide bonds. The summed E-state index contributed by atoms with van der Waals surface area (Å²) in [5.74, 6) is 2.34. The fourth-order valence-corrected chi connectivity index (χ4v) is 4.22. The average Bonchev–Trinajstić information content (AvgIpc) is 3.43. The number of anilines is 2. The van der Waals surface area contributed by atoms with Crippen molar-refractivity contribution in [1.29, 1.82) is 5.26 Å². The molecule has 1 aliphatic heterocycles. The van der Waals surface area contributed by atoms with Crippen LogP contribution in [-0.4, -0.2) is 54.6 Å². The molecule has 5 rings (SSSR count). The number of aromatic amines is 1. The highest BCUT2D eigenvalue weighted by molar-refractivity contribution is 5.73. The summed E-state index contributed by atoms with van der Waals surface area (Å²) in [6.07, 6.45) is 1.87. The predicted octanol–water partition coefficient (Wildman–Crippen LogP) is 4.45. The third-order valence-corrected chi connectivity index (χ3v) is 6.27. The lowest BCUT2D eigenvalue weighted by Crippen LogP contribution is -2.41. The number of nitrogens with one attached hydrogen (secondary N) is 2. The molecule has 1 aliphatic rings. The first-order valence-electron chi connectivity index (χ1n) is 11.9. The largest absolute Gasteiger partial charge is 0.491 e. The van der Waals surface area contributed by atoms with Crippen LogP contribution >= 0.6 is 0 Å². The van der Waals surface area contributed by atoms with Gasteiger partial charge in [-0.15, -0.1) is 0 Å². The maximum atomic E-state index is 9.15. The smallest absolute Gasteiger partial charge is 0.156 e. The zero-order valence-corrected chi connectivity index (χ0v) is 20.4. The van der Waals surface area contributed by atoms with Crippen LogP contribution in [0.3, 0.4) is 0 Å². The molecule has 0 saturated carbocycles.